The molecule has 2 aromatic rings. The first-order valence-electron chi connectivity index (χ1n) is 8.22. The summed E-state index contributed by atoms with van der Waals surface area (Å²) in [5.41, 5.74) is 0. The van der Waals surface area contributed by atoms with Gasteiger partial charge in [0.2, 0.25) is 11.1 Å². The average molecular weight is 366 g/mol. The molecule has 3 rings (SSSR count). The second kappa shape index (κ2) is 7.57. The van der Waals surface area contributed by atoms with Crippen LogP contribution in [0, 0.1) is 11.8 Å². The van der Waals surface area contributed by atoms with Crippen molar-refractivity contribution in [1.82, 2.24) is 20.2 Å². The molecule has 2 aromatic heterocycles. The molecule has 24 heavy (non-hydrogen) atoms. The molecule has 2 heterocycles. The summed E-state index contributed by atoms with van der Waals surface area (Å²) >= 11 is 2.88. The normalized spacial score (nSPS) is 24.0. The highest BCUT2D eigenvalue weighted by Crippen LogP contribution is 2.30. The Morgan fingerprint density at radius 3 is 3.04 bits per heavy atom. The summed E-state index contributed by atoms with van der Waals surface area (Å²) < 4.78 is 1.45. The SMILES string of the molecule is CC1CCCC(NC(=O)CSc2nnc(-c3cccs3)n2N)C1C. The topological polar surface area (TPSA) is 85.8 Å². The van der Waals surface area contributed by atoms with Crippen molar-refractivity contribution in [2.24, 2.45) is 11.8 Å². The number of hydrogen-bond acceptors (Lipinski definition) is 6. The molecule has 0 saturated heterocycles. The molecule has 1 saturated carbocycles. The van der Waals surface area contributed by atoms with Crippen LogP contribution in [0.3, 0.4) is 0 Å². The number of nitrogens with two attached hydrogens (primary N) is 1. The van der Waals surface area contributed by atoms with Crippen LogP contribution in [0.4, 0.5) is 0 Å². The molecule has 0 aliphatic heterocycles. The van der Waals surface area contributed by atoms with Crippen molar-refractivity contribution in [1.29, 1.82) is 0 Å². The van der Waals surface area contributed by atoms with Crippen LogP contribution in [0.1, 0.15) is 33.1 Å². The number of carbonyl (C=O) groups is 1. The molecule has 0 radical (unpaired) electrons. The Kier molecular flexibility index (Phi) is 5.45. The predicted octanol–water partition coefficient (Wildman–Crippen LogP) is 2.75. The zero-order valence-electron chi connectivity index (χ0n) is 13.9. The number of aromatic nitrogens is 3. The van der Waals surface area contributed by atoms with Gasteiger partial charge in [0, 0.05) is 6.04 Å². The summed E-state index contributed by atoms with van der Waals surface area (Å²) in [6, 6.07) is 4.17. The second-order valence-electron chi connectivity index (χ2n) is 6.38. The van der Waals surface area contributed by atoms with Crippen molar-refractivity contribution < 1.29 is 4.79 Å². The number of nitrogen functional groups attached to an aromatic ring is 1. The van der Waals surface area contributed by atoms with Crippen molar-refractivity contribution in [2.45, 2.75) is 44.3 Å². The van der Waals surface area contributed by atoms with Crippen molar-refractivity contribution in [3.63, 3.8) is 0 Å². The van der Waals surface area contributed by atoms with E-state index in [0.29, 0.717) is 28.6 Å². The van der Waals surface area contributed by atoms with E-state index in [4.69, 9.17) is 5.84 Å². The maximum Gasteiger partial charge on any atom is 0.230 e. The first-order valence-corrected chi connectivity index (χ1v) is 10.1. The minimum absolute atomic E-state index is 0.0339. The Balaban J connectivity index is 1.55. The van der Waals surface area contributed by atoms with Gasteiger partial charge in [0.1, 0.15) is 0 Å². The monoisotopic (exact) mass is 365 g/mol. The van der Waals surface area contributed by atoms with E-state index in [9.17, 15) is 4.79 Å². The van der Waals surface area contributed by atoms with Gasteiger partial charge in [-0.2, -0.15) is 0 Å². The molecule has 3 unspecified atom stereocenters. The van der Waals surface area contributed by atoms with Crippen molar-refractivity contribution >= 4 is 29.0 Å². The quantitative estimate of drug-likeness (QED) is 0.628. The van der Waals surface area contributed by atoms with E-state index in [0.717, 1.165) is 11.3 Å². The van der Waals surface area contributed by atoms with Gasteiger partial charge in [0.05, 0.1) is 10.6 Å². The molecular weight excluding hydrogens is 342 g/mol. The van der Waals surface area contributed by atoms with E-state index < -0.39 is 0 Å². The van der Waals surface area contributed by atoms with E-state index in [-0.39, 0.29) is 11.9 Å². The fraction of sp³-hybridized carbons (Fsp3) is 0.562. The molecule has 0 bridgehead atoms. The van der Waals surface area contributed by atoms with E-state index in [1.807, 2.05) is 17.5 Å². The third-order valence-corrected chi connectivity index (χ3v) is 6.60. The Bertz CT molecular complexity index is 685. The van der Waals surface area contributed by atoms with Gasteiger partial charge in [-0.05, 0) is 29.7 Å². The fourth-order valence-electron chi connectivity index (χ4n) is 3.11. The molecule has 130 valence electrons. The summed E-state index contributed by atoms with van der Waals surface area (Å²) in [4.78, 5) is 13.2. The van der Waals surface area contributed by atoms with Crippen LogP contribution in [-0.2, 0) is 4.79 Å². The molecule has 1 fully saturated rings. The molecule has 3 atom stereocenters. The largest absolute Gasteiger partial charge is 0.352 e. The lowest BCUT2D eigenvalue weighted by molar-refractivity contribution is -0.120. The zero-order valence-corrected chi connectivity index (χ0v) is 15.6. The summed E-state index contributed by atoms with van der Waals surface area (Å²) in [6.45, 7) is 4.49. The molecule has 1 aliphatic carbocycles. The van der Waals surface area contributed by atoms with E-state index in [1.165, 1.54) is 29.3 Å². The van der Waals surface area contributed by atoms with Crippen LogP contribution < -0.4 is 11.2 Å². The number of nitrogens with zero attached hydrogens (tertiary/aromatic N) is 3. The van der Waals surface area contributed by atoms with Crippen molar-refractivity contribution in [3.8, 4) is 10.7 Å². The Hall–Kier alpha value is -1.54. The molecule has 8 heteroatoms. The molecule has 6 nitrogen and oxygen atoms in total. The van der Waals surface area contributed by atoms with Gasteiger partial charge in [-0.1, -0.05) is 44.5 Å². The van der Waals surface area contributed by atoms with Crippen LogP contribution in [0.2, 0.25) is 0 Å². The van der Waals surface area contributed by atoms with E-state index >= 15 is 0 Å². The van der Waals surface area contributed by atoms with Crippen LogP contribution in [0.5, 0.6) is 0 Å². The number of carbonyl (C=O) groups excluding carboxylic acids is 1. The number of thioether (sulfide) groups is 1. The highest BCUT2D eigenvalue weighted by molar-refractivity contribution is 7.99. The minimum Gasteiger partial charge on any atom is -0.352 e. The molecule has 1 amide bonds. The van der Waals surface area contributed by atoms with Gasteiger partial charge in [0.25, 0.3) is 0 Å². The van der Waals surface area contributed by atoms with E-state index in [2.05, 4.69) is 29.4 Å². The van der Waals surface area contributed by atoms with Gasteiger partial charge in [-0.15, -0.1) is 21.5 Å². The van der Waals surface area contributed by atoms with E-state index in [1.54, 1.807) is 11.3 Å². The summed E-state index contributed by atoms with van der Waals surface area (Å²) in [7, 11) is 0. The molecule has 0 spiro atoms. The third kappa shape index (κ3) is 3.75. The van der Waals surface area contributed by atoms with Gasteiger partial charge in [0.15, 0.2) is 5.82 Å². The number of thiophene rings is 1. The lowest BCUT2D eigenvalue weighted by atomic mass is 9.78. The van der Waals surface area contributed by atoms with Gasteiger partial charge < -0.3 is 11.2 Å². The smallest absolute Gasteiger partial charge is 0.230 e. The highest BCUT2D eigenvalue weighted by Gasteiger charge is 2.28. The first-order chi connectivity index (χ1) is 11.6. The minimum atomic E-state index is 0.0339. The number of nitrogens with one attached hydrogen (secondary N) is 1. The molecular formula is C16H23N5OS2. The van der Waals surface area contributed by atoms with Crippen molar-refractivity contribution in [3.05, 3.63) is 17.5 Å². The average Bonchev–Trinajstić information content (AvgIpc) is 3.19. The highest BCUT2D eigenvalue weighted by atomic mass is 32.2. The van der Waals surface area contributed by atoms with Crippen LogP contribution in [0.25, 0.3) is 10.7 Å². The van der Waals surface area contributed by atoms with Gasteiger partial charge >= 0.3 is 0 Å². The maximum atomic E-state index is 12.3. The van der Waals surface area contributed by atoms with Crippen LogP contribution in [-0.4, -0.2) is 32.6 Å². The third-order valence-electron chi connectivity index (χ3n) is 4.79. The second-order valence-corrected chi connectivity index (χ2v) is 8.27. The molecule has 1 aliphatic rings. The van der Waals surface area contributed by atoms with Gasteiger partial charge in [-0.3, -0.25) is 4.79 Å². The number of amides is 1. The Morgan fingerprint density at radius 2 is 2.29 bits per heavy atom. The van der Waals surface area contributed by atoms with Crippen molar-refractivity contribution in [2.75, 3.05) is 11.6 Å². The lowest BCUT2D eigenvalue weighted by Gasteiger charge is -2.34. The molecule has 0 aromatic carbocycles. The summed E-state index contributed by atoms with van der Waals surface area (Å²) in [5.74, 6) is 8.20. The lowest BCUT2D eigenvalue weighted by Crippen LogP contribution is -2.44. The standard InChI is InChI=1S/C16H23N5OS2/c1-10-5-3-6-12(11(10)2)18-14(22)9-24-16-20-19-15(21(16)17)13-7-4-8-23-13/h4,7-8,10-12H,3,5-6,9,17H2,1-2H3,(H,18,22). The Morgan fingerprint density at radius 1 is 1.46 bits per heavy atom. The summed E-state index contributed by atoms with van der Waals surface area (Å²) in [6.07, 6.45) is 3.51. The fourth-order valence-corrected chi connectivity index (χ4v) is 4.49. The maximum absolute atomic E-state index is 12.3. The molecule has 3 N–H and O–H groups in total. The summed E-state index contributed by atoms with van der Waals surface area (Å²) in [5, 5.41) is 13.9. The number of rotatable bonds is 5. The zero-order chi connectivity index (χ0) is 17.1. The first kappa shape index (κ1) is 17.3. The predicted molar refractivity (Wildman–Crippen MR) is 98.3 cm³/mol. The Labute approximate surface area is 150 Å². The van der Waals surface area contributed by atoms with Crippen LogP contribution >= 0.6 is 23.1 Å². The van der Waals surface area contributed by atoms with Gasteiger partial charge in [-0.25, -0.2) is 4.68 Å². The van der Waals surface area contributed by atoms with Crippen LogP contribution in [0.15, 0.2) is 22.7 Å². The number of hydrogen-bond donors (Lipinski definition) is 2.